The van der Waals surface area contributed by atoms with Gasteiger partial charge in [0.2, 0.25) is 0 Å². The number of carbonyl (C=O) groups is 2. The van der Waals surface area contributed by atoms with E-state index in [1.807, 2.05) is 13.8 Å². The highest BCUT2D eigenvalue weighted by molar-refractivity contribution is 5.93. The molecule has 246 valence electrons. The summed E-state index contributed by atoms with van der Waals surface area (Å²) in [4.78, 5) is 28.0. The zero-order valence-electron chi connectivity index (χ0n) is 25.8. The molecule has 0 unspecified atom stereocenters. The van der Waals surface area contributed by atoms with Gasteiger partial charge in [0.1, 0.15) is 11.9 Å². The summed E-state index contributed by atoms with van der Waals surface area (Å²) >= 11 is 0. The third-order valence-corrected chi connectivity index (χ3v) is 8.37. The average molecular weight is 643 g/mol. The molecule has 2 atom stereocenters. The van der Waals surface area contributed by atoms with Crippen LogP contribution in [0.15, 0.2) is 42.0 Å². The second kappa shape index (κ2) is 12.1. The van der Waals surface area contributed by atoms with E-state index in [4.69, 9.17) is 9.47 Å². The van der Waals surface area contributed by atoms with Gasteiger partial charge in [-0.2, -0.15) is 26.3 Å². The van der Waals surface area contributed by atoms with Crippen molar-refractivity contribution in [3.05, 3.63) is 64.2 Å². The van der Waals surface area contributed by atoms with Gasteiger partial charge in [0.25, 0.3) is 0 Å². The first kappa shape index (κ1) is 34.0. The van der Waals surface area contributed by atoms with Gasteiger partial charge in [-0.05, 0) is 98.6 Å². The smallest absolute Gasteiger partial charge is 0.416 e. The molecule has 45 heavy (non-hydrogen) atoms. The van der Waals surface area contributed by atoms with Crippen LogP contribution < -0.4 is 9.64 Å². The number of carbonyl (C=O) groups excluding carboxylic acids is 1. The van der Waals surface area contributed by atoms with Gasteiger partial charge in [0, 0.05) is 18.2 Å². The maximum atomic E-state index is 13.6. The van der Waals surface area contributed by atoms with Crippen LogP contribution in [-0.2, 0) is 17.1 Å². The molecule has 1 fully saturated rings. The van der Waals surface area contributed by atoms with Crippen molar-refractivity contribution < 1.29 is 50.5 Å². The van der Waals surface area contributed by atoms with Crippen molar-refractivity contribution in [1.29, 1.82) is 0 Å². The molecule has 0 radical (unpaired) electrons. The van der Waals surface area contributed by atoms with Gasteiger partial charge in [-0.15, -0.1) is 0 Å². The fraction of sp³-hybridized carbons (Fsp3) is 0.500. The van der Waals surface area contributed by atoms with Crippen LogP contribution in [0.2, 0.25) is 0 Å². The molecule has 1 aliphatic heterocycles. The minimum absolute atomic E-state index is 0.0221. The number of halogens is 6. The van der Waals surface area contributed by atoms with E-state index in [2.05, 4.69) is 0 Å². The van der Waals surface area contributed by atoms with Crippen molar-refractivity contribution in [3.8, 4) is 5.75 Å². The lowest BCUT2D eigenvalue weighted by atomic mass is 9.72. The van der Waals surface area contributed by atoms with Crippen LogP contribution in [0.4, 0.5) is 41.6 Å². The molecule has 0 aromatic heterocycles. The Bertz CT molecular complexity index is 1470. The summed E-state index contributed by atoms with van der Waals surface area (Å²) in [6, 6.07) is 4.90. The summed E-state index contributed by atoms with van der Waals surface area (Å²) in [5.41, 5.74) is -1.03. The minimum atomic E-state index is -5.05. The van der Waals surface area contributed by atoms with Crippen molar-refractivity contribution in [2.75, 3.05) is 18.6 Å². The first-order valence-electron chi connectivity index (χ1n) is 14.4. The molecule has 0 saturated carbocycles. The molecule has 2 aromatic carbocycles. The third kappa shape index (κ3) is 7.17. The number of allylic oxidation sites excluding steroid dienone is 1. The number of ether oxygens (including phenoxy) is 2. The number of nitrogens with zero attached hydrogens (tertiary/aromatic N) is 2. The van der Waals surface area contributed by atoms with E-state index in [0.717, 1.165) is 17.6 Å². The molecule has 0 spiro atoms. The average Bonchev–Trinajstić information content (AvgIpc) is 3.20. The second-order valence-electron chi connectivity index (χ2n) is 12.6. The fourth-order valence-corrected chi connectivity index (χ4v) is 6.09. The molecular formula is C32H36F6N2O5. The van der Waals surface area contributed by atoms with Gasteiger partial charge in [-0.1, -0.05) is 13.8 Å². The highest BCUT2D eigenvalue weighted by atomic mass is 19.4. The number of alkyl halides is 6. The Morgan fingerprint density at radius 2 is 1.69 bits per heavy atom. The van der Waals surface area contributed by atoms with Crippen LogP contribution in [-0.4, -0.2) is 47.9 Å². The molecule has 1 saturated heterocycles. The van der Waals surface area contributed by atoms with Crippen LogP contribution >= 0.6 is 0 Å². The van der Waals surface area contributed by atoms with Crippen molar-refractivity contribution >= 4 is 23.4 Å². The lowest BCUT2D eigenvalue weighted by Crippen LogP contribution is -2.37. The second-order valence-corrected chi connectivity index (χ2v) is 12.6. The van der Waals surface area contributed by atoms with Gasteiger partial charge >= 0.3 is 24.5 Å². The van der Waals surface area contributed by atoms with E-state index in [-0.39, 0.29) is 18.0 Å². The Morgan fingerprint density at radius 1 is 1.09 bits per heavy atom. The van der Waals surface area contributed by atoms with Crippen LogP contribution in [0.25, 0.3) is 5.57 Å². The zero-order valence-corrected chi connectivity index (χ0v) is 25.8. The van der Waals surface area contributed by atoms with Gasteiger partial charge in [-0.3, -0.25) is 9.80 Å². The van der Waals surface area contributed by atoms with E-state index in [1.165, 1.54) is 23.8 Å². The molecule has 2 amide bonds. The van der Waals surface area contributed by atoms with E-state index < -0.39 is 59.4 Å². The highest BCUT2D eigenvalue weighted by Gasteiger charge is 2.44. The predicted octanol–water partition coefficient (Wildman–Crippen LogP) is 9.17. The highest BCUT2D eigenvalue weighted by Crippen LogP contribution is 2.47. The molecule has 4 rings (SSSR count). The summed E-state index contributed by atoms with van der Waals surface area (Å²) in [6.45, 7) is 9.06. The van der Waals surface area contributed by atoms with Crippen LogP contribution in [0.5, 0.6) is 5.75 Å². The Morgan fingerprint density at radius 3 is 2.20 bits per heavy atom. The number of methoxy groups -OCH3 is 1. The van der Waals surface area contributed by atoms with Crippen molar-refractivity contribution in [2.45, 2.75) is 84.4 Å². The van der Waals surface area contributed by atoms with E-state index >= 15 is 0 Å². The largest absolute Gasteiger partial charge is 0.497 e. The number of cyclic esters (lactones) is 1. The molecule has 13 heteroatoms. The third-order valence-electron chi connectivity index (χ3n) is 8.37. The summed E-state index contributed by atoms with van der Waals surface area (Å²) in [5.74, 6) is 0.485. The first-order valence-corrected chi connectivity index (χ1v) is 14.4. The molecule has 7 nitrogen and oxygen atoms in total. The lowest BCUT2D eigenvalue weighted by Gasteiger charge is -2.37. The van der Waals surface area contributed by atoms with Gasteiger partial charge in [0.05, 0.1) is 30.0 Å². The number of amides is 2. The topological polar surface area (TPSA) is 79.3 Å². The van der Waals surface area contributed by atoms with Gasteiger partial charge in [-0.25, -0.2) is 9.59 Å². The monoisotopic (exact) mass is 642 g/mol. The Labute approximate surface area is 257 Å². The number of anilines is 1. The summed E-state index contributed by atoms with van der Waals surface area (Å²) in [7, 11) is 1.48. The maximum absolute atomic E-state index is 13.6. The Kier molecular flexibility index (Phi) is 9.16. The normalized spacial score (nSPS) is 20.5. The molecular weight excluding hydrogens is 606 g/mol. The van der Waals surface area contributed by atoms with Crippen molar-refractivity contribution in [1.82, 2.24) is 4.90 Å². The number of hydrogen-bond donors (Lipinski definition) is 1. The number of benzene rings is 2. The number of rotatable bonds is 7. The minimum Gasteiger partial charge on any atom is -0.497 e. The summed E-state index contributed by atoms with van der Waals surface area (Å²) in [5, 5.41) is 10.0. The van der Waals surface area contributed by atoms with E-state index in [9.17, 15) is 41.0 Å². The van der Waals surface area contributed by atoms with Crippen molar-refractivity contribution in [3.63, 3.8) is 0 Å². The molecule has 2 aromatic rings. The maximum Gasteiger partial charge on any atom is 0.416 e. The van der Waals surface area contributed by atoms with E-state index in [0.29, 0.717) is 42.0 Å². The molecule has 1 aliphatic carbocycles. The van der Waals surface area contributed by atoms with Gasteiger partial charge in [0.15, 0.2) is 0 Å². The molecule has 1 heterocycles. The first-order chi connectivity index (χ1) is 20.7. The number of carboxylic acid groups (broad SMARTS) is 1. The molecule has 1 N–H and O–H groups in total. The summed E-state index contributed by atoms with van der Waals surface area (Å²) < 4.78 is 92.2. The molecule has 2 aliphatic rings. The Balaban J connectivity index is 1.80. The van der Waals surface area contributed by atoms with Crippen LogP contribution in [0.1, 0.15) is 82.2 Å². The van der Waals surface area contributed by atoms with Gasteiger partial charge < -0.3 is 14.6 Å². The number of hydrogen-bond acceptors (Lipinski definition) is 4. The summed E-state index contributed by atoms with van der Waals surface area (Å²) in [6.07, 6.45) is -11.8. The predicted molar refractivity (Wildman–Crippen MR) is 155 cm³/mol. The van der Waals surface area contributed by atoms with Crippen LogP contribution in [0.3, 0.4) is 0 Å². The SMILES string of the molecule is COc1ccc(N(C(=O)O)C(C)C)c(C2=C(CN3C(=O)O[C@H](c4cc(C(F)(F)F)cc(C(F)(F)F)c4)[C@@H]3C)CC(C)(C)CC2)c1. The van der Waals surface area contributed by atoms with Crippen molar-refractivity contribution in [2.24, 2.45) is 5.41 Å². The standard InChI is InChI=1S/C32H36F6N2O5/c1-17(2)40(28(41)42)26-8-7-23(44-6)14-25(26)24-9-10-30(4,5)15-20(24)16-39-18(3)27(45-29(39)43)19-11-21(31(33,34)35)13-22(12-19)32(36,37)38/h7-8,11-14,17-18,27H,9-10,15-16H2,1-6H3,(H,41,42)/t18-,27-/m0/s1. The zero-order chi connectivity index (χ0) is 33.6. The lowest BCUT2D eigenvalue weighted by molar-refractivity contribution is -0.143. The Hall–Kier alpha value is -3.90. The van der Waals surface area contributed by atoms with E-state index in [1.54, 1.807) is 32.0 Å². The van der Waals surface area contributed by atoms with Crippen LogP contribution in [0, 0.1) is 5.41 Å². The quantitative estimate of drug-likeness (QED) is 0.305. The molecule has 0 bridgehead atoms. The fourth-order valence-electron chi connectivity index (χ4n) is 6.09.